The first-order chi connectivity index (χ1) is 13.4. The Morgan fingerprint density at radius 3 is 2.45 bits per heavy atom. The van der Waals surface area contributed by atoms with Crippen molar-refractivity contribution in [2.75, 3.05) is 60.5 Å². The number of guanidine groups is 1. The number of hydrogen-bond donors (Lipinski definition) is 2. The number of aliphatic imine (C=N–C) groups is 1. The Bertz CT molecular complexity index is 635. The molecule has 0 spiro atoms. The zero-order valence-corrected chi connectivity index (χ0v) is 21.5. The van der Waals surface area contributed by atoms with Crippen molar-refractivity contribution in [1.82, 2.24) is 20.4 Å². The van der Waals surface area contributed by atoms with Crippen molar-refractivity contribution in [1.29, 1.82) is 0 Å². The molecule has 0 radical (unpaired) electrons. The number of nitrogens with zero attached hydrogens (tertiary/aromatic N) is 3. The molecule has 1 aromatic carbocycles. The van der Waals surface area contributed by atoms with Crippen LogP contribution in [0.25, 0.3) is 0 Å². The largest absolute Gasteiger partial charge is 0.497 e. The Balaban J connectivity index is 0.00000420. The number of halogens is 2. The van der Waals surface area contributed by atoms with Crippen LogP contribution < -0.4 is 15.4 Å². The third-order valence-corrected chi connectivity index (χ3v) is 5.78. The van der Waals surface area contributed by atoms with Crippen molar-refractivity contribution < 1.29 is 4.74 Å². The number of nitrogens with one attached hydrogen (secondary N) is 2. The van der Waals surface area contributed by atoms with Crippen molar-refractivity contribution in [3.05, 3.63) is 28.8 Å². The monoisotopic (exact) mass is 537 g/mol. The summed E-state index contributed by atoms with van der Waals surface area (Å²) in [5.41, 5.74) is 1.10. The van der Waals surface area contributed by atoms with Crippen molar-refractivity contribution in [2.24, 2.45) is 10.9 Å². The SMILES string of the molecule is CN=C(NCCc1ccc(OC)cc1Cl)NCC(C(C)C)N1CCN(C)CC1.I. The first kappa shape index (κ1) is 26.3. The van der Waals surface area contributed by atoms with Crippen LogP contribution in [0.15, 0.2) is 23.2 Å². The van der Waals surface area contributed by atoms with Gasteiger partial charge in [-0.15, -0.1) is 24.0 Å². The maximum Gasteiger partial charge on any atom is 0.191 e. The Morgan fingerprint density at radius 1 is 1.21 bits per heavy atom. The highest BCUT2D eigenvalue weighted by Crippen LogP contribution is 2.22. The number of likely N-dealkylation sites (N-methyl/N-ethyl adjacent to an activating group) is 1. The zero-order chi connectivity index (χ0) is 20.5. The van der Waals surface area contributed by atoms with Gasteiger partial charge in [0.1, 0.15) is 5.75 Å². The van der Waals surface area contributed by atoms with Gasteiger partial charge < -0.3 is 20.3 Å². The molecule has 0 aliphatic carbocycles. The molecule has 29 heavy (non-hydrogen) atoms. The molecule has 1 fully saturated rings. The van der Waals surface area contributed by atoms with Crippen LogP contribution in [0.1, 0.15) is 19.4 Å². The van der Waals surface area contributed by atoms with Crippen LogP contribution in [0.4, 0.5) is 0 Å². The lowest BCUT2D eigenvalue weighted by Crippen LogP contribution is -2.55. The Labute approximate surface area is 198 Å². The smallest absolute Gasteiger partial charge is 0.191 e. The summed E-state index contributed by atoms with van der Waals surface area (Å²) in [6.45, 7) is 10.8. The molecular weight excluding hydrogens is 501 g/mol. The van der Waals surface area contributed by atoms with E-state index in [1.807, 2.05) is 25.2 Å². The van der Waals surface area contributed by atoms with E-state index in [-0.39, 0.29) is 24.0 Å². The van der Waals surface area contributed by atoms with E-state index >= 15 is 0 Å². The van der Waals surface area contributed by atoms with Gasteiger partial charge >= 0.3 is 0 Å². The molecule has 6 nitrogen and oxygen atoms in total. The Kier molecular flexibility index (Phi) is 12.2. The van der Waals surface area contributed by atoms with E-state index in [2.05, 4.69) is 46.3 Å². The highest BCUT2D eigenvalue weighted by atomic mass is 127. The molecule has 0 aromatic heterocycles. The molecule has 0 saturated carbocycles. The number of hydrogen-bond acceptors (Lipinski definition) is 4. The van der Waals surface area contributed by atoms with Gasteiger partial charge in [0.05, 0.1) is 7.11 Å². The van der Waals surface area contributed by atoms with Gasteiger partial charge in [-0.05, 0) is 37.1 Å². The number of methoxy groups -OCH3 is 1. The molecule has 166 valence electrons. The Morgan fingerprint density at radius 2 is 1.90 bits per heavy atom. The van der Waals surface area contributed by atoms with Gasteiger partial charge in [0.2, 0.25) is 0 Å². The molecular formula is C21H37ClIN5O. The molecule has 0 amide bonds. The van der Waals surface area contributed by atoms with E-state index in [0.717, 1.165) is 68.0 Å². The van der Waals surface area contributed by atoms with Gasteiger partial charge in [0.25, 0.3) is 0 Å². The first-order valence-electron chi connectivity index (χ1n) is 10.1. The normalized spacial score (nSPS) is 17.0. The highest BCUT2D eigenvalue weighted by Gasteiger charge is 2.25. The van der Waals surface area contributed by atoms with Crippen LogP contribution in [-0.2, 0) is 6.42 Å². The maximum atomic E-state index is 6.33. The summed E-state index contributed by atoms with van der Waals surface area (Å²) in [6.07, 6.45) is 0.829. The lowest BCUT2D eigenvalue weighted by Gasteiger charge is -2.40. The number of rotatable bonds is 8. The second kappa shape index (κ2) is 13.5. The maximum absolute atomic E-state index is 6.33. The minimum atomic E-state index is 0. The molecule has 8 heteroatoms. The summed E-state index contributed by atoms with van der Waals surface area (Å²) in [5, 5.41) is 7.64. The predicted octanol–water partition coefficient (Wildman–Crippen LogP) is 2.95. The summed E-state index contributed by atoms with van der Waals surface area (Å²) >= 11 is 6.33. The van der Waals surface area contributed by atoms with Crippen LogP contribution in [0.3, 0.4) is 0 Å². The summed E-state index contributed by atoms with van der Waals surface area (Å²) in [6, 6.07) is 6.31. The molecule has 1 unspecified atom stereocenters. The second-order valence-corrected chi connectivity index (χ2v) is 8.15. The molecule has 1 heterocycles. The molecule has 0 bridgehead atoms. The van der Waals surface area contributed by atoms with Crippen LogP contribution in [0.2, 0.25) is 5.02 Å². The summed E-state index contributed by atoms with van der Waals surface area (Å²) in [7, 11) is 5.66. The van der Waals surface area contributed by atoms with Crippen molar-refractivity contribution in [2.45, 2.75) is 26.3 Å². The summed E-state index contributed by atoms with van der Waals surface area (Å²) in [5.74, 6) is 2.21. The molecule has 1 aliphatic rings. The molecule has 1 atom stereocenters. The molecule has 1 aliphatic heterocycles. The minimum absolute atomic E-state index is 0. The second-order valence-electron chi connectivity index (χ2n) is 7.74. The summed E-state index contributed by atoms with van der Waals surface area (Å²) < 4.78 is 5.20. The minimum Gasteiger partial charge on any atom is -0.497 e. The topological polar surface area (TPSA) is 52.1 Å². The number of ether oxygens (including phenoxy) is 1. The van der Waals surface area contributed by atoms with Gasteiger partial charge in [-0.2, -0.15) is 0 Å². The quantitative estimate of drug-likeness (QED) is 0.303. The van der Waals surface area contributed by atoms with E-state index < -0.39 is 0 Å². The van der Waals surface area contributed by atoms with E-state index in [0.29, 0.717) is 12.0 Å². The van der Waals surface area contributed by atoms with Gasteiger partial charge in [-0.25, -0.2) is 0 Å². The molecule has 2 N–H and O–H groups in total. The standard InChI is InChI=1S/C21H36ClN5O.HI/c1-16(2)20(27-12-10-26(4)11-13-27)15-25-21(23-3)24-9-8-17-6-7-18(28-5)14-19(17)22;/h6-7,14,16,20H,8-13,15H2,1-5H3,(H2,23,24,25);1H. The molecule has 1 aromatic rings. The first-order valence-corrected chi connectivity index (χ1v) is 10.5. The average Bonchev–Trinajstić information content (AvgIpc) is 2.68. The highest BCUT2D eigenvalue weighted by molar-refractivity contribution is 14.0. The molecule has 2 rings (SSSR count). The number of piperazine rings is 1. The third-order valence-electron chi connectivity index (χ3n) is 5.43. The summed E-state index contributed by atoms with van der Waals surface area (Å²) in [4.78, 5) is 9.37. The van der Waals surface area contributed by atoms with E-state index in [4.69, 9.17) is 16.3 Å². The Hall–Kier alpha value is -0.770. The van der Waals surface area contributed by atoms with Crippen LogP contribution >= 0.6 is 35.6 Å². The lowest BCUT2D eigenvalue weighted by atomic mass is 10.0. The van der Waals surface area contributed by atoms with Crippen LogP contribution in [0.5, 0.6) is 5.75 Å². The zero-order valence-electron chi connectivity index (χ0n) is 18.4. The van der Waals surface area contributed by atoms with E-state index in [1.165, 1.54) is 0 Å². The third kappa shape index (κ3) is 8.47. The fourth-order valence-electron chi connectivity index (χ4n) is 3.54. The predicted molar refractivity (Wildman–Crippen MR) is 134 cm³/mol. The van der Waals surface area contributed by atoms with E-state index in [9.17, 15) is 0 Å². The fourth-order valence-corrected chi connectivity index (χ4v) is 3.80. The van der Waals surface area contributed by atoms with Crippen molar-refractivity contribution >= 4 is 41.5 Å². The van der Waals surface area contributed by atoms with Gasteiger partial charge in [-0.1, -0.05) is 31.5 Å². The van der Waals surface area contributed by atoms with Gasteiger partial charge in [0.15, 0.2) is 5.96 Å². The molecule has 1 saturated heterocycles. The van der Waals surface area contributed by atoms with Gasteiger partial charge in [0, 0.05) is 57.4 Å². The number of benzene rings is 1. The van der Waals surface area contributed by atoms with Crippen LogP contribution in [-0.4, -0.2) is 82.3 Å². The lowest BCUT2D eigenvalue weighted by molar-refractivity contribution is 0.0900. The van der Waals surface area contributed by atoms with E-state index in [1.54, 1.807) is 7.11 Å². The van der Waals surface area contributed by atoms with Gasteiger partial charge in [-0.3, -0.25) is 9.89 Å². The van der Waals surface area contributed by atoms with Crippen molar-refractivity contribution in [3.63, 3.8) is 0 Å². The average molecular weight is 538 g/mol. The van der Waals surface area contributed by atoms with Crippen molar-refractivity contribution in [3.8, 4) is 5.75 Å². The van der Waals surface area contributed by atoms with Crippen LogP contribution in [0, 0.1) is 5.92 Å². The fraction of sp³-hybridized carbons (Fsp3) is 0.667.